The van der Waals surface area contributed by atoms with Crippen molar-refractivity contribution in [2.45, 2.75) is 43.4 Å². The molecule has 0 radical (unpaired) electrons. The van der Waals surface area contributed by atoms with Crippen molar-refractivity contribution in [2.24, 2.45) is 0 Å². The summed E-state index contributed by atoms with van der Waals surface area (Å²) in [6.45, 7) is 3.88. The fourth-order valence-corrected chi connectivity index (χ4v) is 3.55. The van der Waals surface area contributed by atoms with Crippen LogP contribution in [0, 0.1) is 0 Å². The number of aliphatic hydroxyl groups excluding tert-OH is 1. The Labute approximate surface area is 140 Å². The summed E-state index contributed by atoms with van der Waals surface area (Å²) in [6, 6.07) is 3.20. The third kappa shape index (κ3) is 3.50. The minimum atomic E-state index is -0.751. The maximum Gasteiger partial charge on any atom is 0.270 e. The van der Waals surface area contributed by atoms with Crippen molar-refractivity contribution in [1.82, 2.24) is 15.6 Å². The molecule has 126 valence electrons. The Morgan fingerprint density at radius 3 is 2.87 bits per heavy atom. The number of carbonyl (C=O) groups excluding carboxylic acids is 1. The lowest BCUT2D eigenvalue weighted by molar-refractivity contribution is -0.169. The van der Waals surface area contributed by atoms with Crippen LogP contribution in [0.5, 0.6) is 0 Å². The highest BCUT2D eigenvalue weighted by Crippen LogP contribution is 2.38. The number of aliphatic hydroxyl groups is 1. The van der Waals surface area contributed by atoms with Crippen molar-refractivity contribution in [2.75, 3.05) is 19.7 Å². The molecule has 0 aliphatic carbocycles. The van der Waals surface area contributed by atoms with Gasteiger partial charge in [-0.05, 0) is 45.0 Å². The van der Waals surface area contributed by atoms with Crippen LogP contribution in [0.15, 0.2) is 18.3 Å². The number of nitrogens with one attached hydrogen (secondary N) is 2. The molecule has 1 aromatic heterocycles. The van der Waals surface area contributed by atoms with Gasteiger partial charge in [-0.3, -0.25) is 4.79 Å². The molecular weight excluding hydrogens is 318 g/mol. The number of pyridine rings is 1. The highest BCUT2D eigenvalue weighted by atomic mass is 35.5. The van der Waals surface area contributed by atoms with Gasteiger partial charge < -0.3 is 20.5 Å². The highest BCUT2D eigenvalue weighted by Gasteiger charge is 2.49. The summed E-state index contributed by atoms with van der Waals surface area (Å²) in [5.74, 6) is -0.311. The van der Waals surface area contributed by atoms with Gasteiger partial charge in [0.1, 0.15) is 11.8 Å². The van der Waals surface area contributed by atoms with E-state index in [0.29, 0.717) is 11.4 Å². The van der Waals surface area contributed by atoms with E-state index >= 15 is 0 Å². The van der Waals surface area contributed by atoms with E-state index < -0.39 is 11.6 Å². The quantitative estimate of drug-likeness (QED) is 0.752. The zero-order valence-corrected chi connectivity index (χ0v) is 13.9. The van der Waals surface area contributed by atoms with Gasteiger partial charge in [-0.2, -0.15) is 0 Å². The molecular formula is C16H22ClN3O3. The molecule has 0 bridgehead atoms. The van der Waals surface area contributed by atoms with Crippen LogP contribution in [0.1, 0.15) is 36.7 Å². The summed E-state index contributed by atoms with van der Waals surface area (Å²) in [5, 5.41) is 17.1. The largest absolute Gasteiger partial charge is 0.388 e. The van der Waals surface area contributed by atoms with Gasteiger partial charge in [0.15, 0.2) is 0 Å². The molecule has 2 saturated heterocycles. The summed E-state index contributed by atoms with van der Waals surface area (Å²) in [7, 11) is 0. The maximum absolute atomic E-state index is 12.5. The average molecular weight is 340 g/mol. The Kier molecular flexibility index (Phi) is 4.60. The molecule has 6 nitrogen and oxygen atoms in total. The lowest BCUT2D eigenvalue weighted by Gasteiger charge is -2.50. The Morgan fingerprint density at radius 1 is 1.48 bits per heavy atom. The molecule has 1 spiro atoms. The molecule has 3 heterocycles. The number of hydrogen-bond acceptors (Lipinski definition) is 5. The minimum Gasteiger partial charge on any atom is -0.388 e. The first kappa shape index (κ1) is 16.6. The number of hydrogen-bond donors (Lipinski definition) is 3. The predicted molar refractivity (Wildman–Crippen MR) is 86.5 cm³/mol. The minimum absolute atomic E-state index is 0.227. The van der Waals surface area contributed by atoms with Gasteiger partial charge in [0.25, 0.3) is 5.91 Å². The molecule has 3 N–H and O–H groups in total. The summed E-state index contributed by atoms with van der Waals surface area (Å²) in [4.78, 5) is 16.5. The fraction of sp³-hybridized carbons (Fsp3) is 0.625. The first-order valence-electron chi connectivity index (χ1n) is 7.89. The predicted octanol–water partition coefficient (Wildman–Crippen LogP) is 1.13. The van der Waals surface area contributed by atoms with Gasteiger partial charge >= 0.3 is 0 Å². The van der Waals surface area contributed by atoms with E-state index in [4.69, 9.17) is 16.3 Å². The molecule has 2 atom stereocenters. The van der Waals surface area contributed by atoms with E-state index in [-0.39, 0.29) is 23.8 Å². The molecule has 0 saturated carbocycles. The number of ether oxygens (including phenoxy) is 1. The van der Waals surface area contributed by atoms with Crippen LogP contribution in [0.3, 0.4) is 0 Å². The van der Waals surface area contributed by atoms with Crippen LogP contribution in [-0.2, 0) is 4.74 Å². The number of halogens is 1. The van der Waals surface area contributed by atoms with Crippen LogP contribution in [-0.4, -0.2) is 52.9 Å². The standard InChI is InChI=1S/C16H22ClN3O3/c1-15(20-14(22)12-3-2-11(17)8-19-12)10-16(23-9-13(15)21)4-6-18-7-5-16/h2-3,8,13,18,21H,4-7,9-10H2,1H3,(H,20,22)/t13-,15-/m0/s1. The Hall–Kier alpha value is -1.21. The van der Waals surface area contributed by atoms with Crippen molar-refractivity contribution in [3.05, 3.63) is 29.0 Å². The molecule has 2 aliphatic rings. The lowest BCUT2D eigenvalue weighted by atomic mass is 9.75. The Balaban J connectivity index is 1.75. The third-order valence-corrected chi connectivity index (χ3v) is 5.07. The molecule has 23 heavy (non-hydrogen) atoms. The van der Waals surface area contributed by atoms with Gasteiger partial charge in [0.05, 0.1) is 22.8 Å². The van der Waals surface area contributed by atoms with Crippen LogP contribution < -0.4 is 10.6 Å². The first-order chi connectivity index (χ1) is 10.9. The molecule has 0 unspecified atom stereocenters. The van der Waals surface area contributed by atoms with Gasteiger partial charge in [0.2, 0.25) is 0 Å². The monoisotopic (exact) mass is 339 g/mol. The number of amides is 1. The van der Waals surface area contributed by atoms with Crippen LogP contribution in [0.2, 0.25) is 5.02 Å². The molecule has 2 fully saturated rings. The van der Waals surface area contributed by atoms with Crippen molar-refractivity contribution in [1.29, 1.82) is 0 Å². The lowest BCUT2D eigenvalue weighted by Crippen LogP contribution is -2.65. The number of aromatic nitrogens is 1. The number of nitrogens with zero attached hydrogens (tertiary/aromatic N) is 1. The second-order valence-corrected chi connectivity index (χ2v) is 7.11. The van der Waals surface area contributed by atoms with E-state index in [2.05, 4.69) is 15.6 Å². The first-order valence-corrected chi connectivity index (χ1v) is 8.27. The van der Waals surface area contributed by atoms with Gasteiger partial charge in [-0.25, -0.2) is 4.98 Å². The SMILES string of the molecule is C[C@]1(NC(=O)c2ccc(Cl)cn2)CC2(CCNCC2)OC[C@@H]1O. The van der Waals surface area contributed by atoms with E-state index in [0.717, 1.165) is 25.9 Å². The molecule has 1 amide bonds. The van der Waals surface area contributed by atoms with Gasteiger partial charge in [0, 0.05) is 12.6 Å². The van der Waals surface area contributed by atoms with Crippen molar-refractivity contribution in [3.8, 4) is 0 Å². The molecule has 0 aromatic carbocycles. The van der Waals surface area contributed by atoms with Gasteiger partial charge in [-0.15, -0.1) is 0 Å². The summed E-state index contributed by atoms with van der Waals surface area (Å²) in [6.07, 6.45) is 3.03. The van der Waals surface area contributed by atoms with Crippen LogP contribution >= 0.6 is 11.6 Å². The van der Waals surface area contributed by atoms with E-state index in [1.54, 1.807) is 12.1 Å². The molecule has 2 aliphatic heterocycles. The summed E-state index contributed by atoms with van der Waals surface area (Å²) < 4.78 is 5.94. The maximum atomic E-state index is 12.5. The summed E-state index contributed by atoms with van der Waals surface area (Å²) in [5.41, 5.74) is -0.734. The van der Waals surface area contributed by atoms with Crippen molar-refractivity contribution < 1.29 is 14.6 Å². The van der Waals surface area contributed by atoms with Crippen LogP contribution in [0.4, 0.5) is 0 Å². The van der Waals surface area contributed by atoms with Crippen molar-refractivity contribution >= 4 is 17.5 Å². The topological polar surface area (TPSA) is 83.5 Å². The molecule has 7 heteroatoms. The smallest absolute Gasteiger partial charge is 0.270 e. The van der Waals surface area contributed by atoms with E-state index in [9.17, 15) is 9.90 Å². The second kappa shape index (κ2) is 6.36. The molecule has 3 rings (SSSR count). The number of carbonyl (C=O) groups is 1. The summed E-state index contributed by atoms with van der Waals surface area (Å²) >= 11 is 5.80. The average Bonchev–Trinajstić information content (AvgIpc) is 2.53. The van der Waals surface area contributed by atoms with Crippen molar-refractivity contribution in [3.63, 3.8) is 0 Å². The molecule has 1 aromatic rings. The number of piperidine rings is 1. The number of rotatable bonds is 2. The zero-order chi connectivity index (χ0) is 16.5. The Bertz CT molecular complexity index is 574. The zero-order valence-electron chi connectivity index (χ0n) is 13.1. The second-order valence-electron chi connectivity index (χ2n) is 6.67. The van der Waals surface area contributed by atoms with Gasteiger partial charge in [-0.1, -0.05) is 11.6 Å². The van der Waals surface area contributed by atoms with E-state index in [1.807, 2.05) is 6.92 Å². The fourth-order valence-electron chi connectivity index (χ4n) is 3.44. The van der Waals surface area contributed by atoms with E-state index in [1.165, 1.54) is 6.20 Å². The van der Waals surface area contributed by atoms with Crippen LogP contribution in [0.25, 0.3) is 0 Å². The Morgan fingerprint density at radius 2 is 2.22 bits per heavy atom. The third-order valence-electron chi connectivity index (χ3n) is 4.85. The highest BCUT2D eigenvalue weighted by molar-refractivity contribution is 6.30. The normalized spacial score (nSPS) is 30.1.